The molecule has 0 amide bonds. The first-order valence-corrected chi connectivity index (χ1v) is 3.33. The van der Waals surface area contributed by atoms with Gasteiger partial charge >= 0.3 is 5.97 Å². The summed E-state index contributed by atoms with van der Waals surface area (Å²) in [6, 6.07) is 1.52. The summed E-state index contributed by atoms with van der Waals surface area (Å²) in [4.78, 5) is 18.5. The molecule has 1 rings (SSSR count). The molecule has 0 aliphatic carbocycles. The summed E-state index contributed by atoms with van der Waals surface area (Å²) in [5.41, 5.74) is 6.15. The first-order chi connectivity index (χ1) is 5.63. The minimum Gasteiger partial charge on any atom is -0.464 e. The first kappa shape index (κ1) is 8.45. The van der Waals surface area contributed by atoms with E-state index >= 15 is 0 Å². The van der Waals surface area contributed by atoms with Crippen LogP contribution in [0.5, 0.6) is 0 Å². The van der Waals surface area contributed by atoms with Crippen LogP contribution >= 0.6 is 0 Å². The maximum atomic E-state index is 10.9. The summed E-state index contributed by atoms with van der Waals surface area (Å²) in [5.74, 6) is -0.428. The number of ether oxygens (including phenoxy) is 1. The fourth-order valence-corrected chi connectivity index (χ4v) is 0.801. The Morgan fingerprint density at radius 3 is 2.75 bits per heavy atom. The third-order valence-corrected chi connectivity index (χ3v) is 1.27. The molecule has 1 heterocycles. The number of hydrogen-bond acceptors (Lipinski definition) is 5. The number of methoxy groups -OCH3 is 1. The van der Waals surface area contributed by atoms with Crippen molar-refractivity contribution in [3.63, 3.8) is 0 Å². The predicted molar refractivity (Wildman–Crippen MR) is 42.5 cm³/mol. The third kappa shape index (κ3) is 1.69. The lowest BCUT2D eigenvalue weighted by atomic mass is 10.3. The van der Waals surface area contributed by atoms with Crippen molar-refractivity contribution < 1.29 is 9.53 Å². The van der Waals surface area contributed by atoms with E-state index in [9.17, 15) is 4.79 Å². The molecule has 0 aliphatic heterocycles. The Labute approximate surface area is 69.6 Å². The van der Waals surface area contributed by atoms with E-state index in [0.29, 0.717) is 5.69 Å². The second-order valence-corrected chi connectivity index (χ2v) is 2.24. The average Bonchev–Trinajstić information content (AvgIpc) is 2.01. The van der Waals surface area contributed by atoms with Gasteiger partial charge in [-0.15, -0.1) is 0 Å². The molecular weight excluding hydrogens is 158 g/mol. The zero-order chi connectivity index (χ0) is 9.14. The van der Waals surface area contributed by atoms with Crippen molar-refractivity contribution in [2.75, 3.05) is 12.8 Å². The Hall–Kier alpha value is -1.65. The number of hydrogen-bond donors (Lipinski definition) is 1. The summed E-state index contributed by atoms with van der Waals surface area (Å²) >= 11 is 0. The van der Waals surface area contributed by atoms with Gasteiger partial charge in [0, 0.05) is 5.69 Å². The van der Waals surface area contributed by atoms with Crippen molar-refractivity contribution in [3.05, 3.63) is 17.5 Å². The molecule has 0 aliphatic rings. The lowest BCUT2D eigenvalue weighted by Crippen LogP contribution is -2.08. The molecule has 0 unspecified atom stereocenters. The molecule has 0 atom stereocenters. The number of carbonyl (C=O) groups is 1. The lowest BCUT2D eigenvalue weighted by molar-refractivity contribution is 0.0594. The largest absolute Gasteiger partial charge is 0.464 e. The van der Waals surface area contributed by atoms with Gasteiger partial charge < -0.3 is 10.5 Å². The number of anilines is 1. The monoisotopic (exact) mass is 167 g/mol. The molecule has 64 valence electrons. The van der Waals surface area contributed by atoms with Crippen LogP contribution in [-0.4, -0.2) is 23.0 Å². The summed E-state index contributed by atoms with van der Waals surface area (Å²) < 4.78 is 4.46. The van der Waals surface area contributed by atoms with Gasteiger partial charge in [-0.3, -0.25) is 0 Å². The van der Waals surface area contributed by atoms with E-state index in [2.05, 4.69) is 14.7 Å². The number of esters is 1. The maximum absolute atomic E-state index is 10.9. The fourth-order valence-electron chi connectivity index (χ4n) is 0.801. The Morgan fingerprint density at radius 1 is 1.58 bits per heavy atom. The second kappa shape index (κ2) is 3.17. The minimum atomic E-state index is -0.507. The van der Waals surface area contributed by atoms with Crippen molar-refractivity contribution in [3.8, 4) is 0 Å². The molecule has 0 saturated carbocycles. The van der Waals surface area contributed by atoms with Crippen molar-refractivity contribution in [1.82, 2.24) is 9.97 Å². The number of nitrogens with two attached hydrogens (primary N) is 1. The van der Waals surface area contributed by atoms with E-state index < -0.39 is 5.97 Å². The van der Waals surface area contributed by atoms with Crippen LogP contribution in [0.4, 0.5) is 5.95 Å². The van der Waals surface area contributed by atoms with Crippen molar-refractivity contribution in [1.29, 1.82) is 0 Å². The second-order valence-electron chi connectivity index (χ2n) is 2.24. The van der Waals surface area contributed by atoms with Gasteiger partial charge in [0.15, 0.2) is 5.69 Å². The summed E-state index contributed by atoms with van der Waals surface area (Å²) in [7, 11) is 1.29. The van der Waals surface area contributed by atoms with Gasteiger partial charge in [-0.05, 0) is 13.0 Å². The molecule has 5 heteroatoms. The Balaban J connectivity index is 3.08. The van der Waals surface area contributed by atoms with Gasteiger partial charge in [-0.2, -0.15) is 0 Å². The van der Waals surface area contributed by atoms with Crippen molar-refractivity contribution in [2.24, 2.45) is 0 Å². The highest BCUT2D eigenvalue weighted by Crippen LogP contribution is 2.02. The quantitative estimate of drug-likeness (QED) is 0.602. The Bertz CT molecular complexity index is 291. The van der Waals surface area contributed by atoms with Crippen LogP contribution in [0.25, 0.3) is 0 Å². The van der Waals surface area contributed by atoms with E-state index in [4.69, 9.17) is 5.73 Å². The predicted octanol–water partition coefficient (Wildman–Crippen LogP) is 0.154. The number of nitrogen functional groups attached to an aromatic ring is 1. The van der Waals surface area contributed by atoms with E-state index in [1.54, 1.807) is 6.92 Å². The van der Waals surface area contributed by atoms with Crippen LogP contribution in [0.2, 0.25) is 0 Å². The highest BCUT2D eigenvalue weighted by atomic mass is 16.5. The van der Waals surface area contributed by atoms with Gasteiger partial charge in [0.2, 0.25) is 5.95 Å². The summed E-state index contributed by atoms with van der Waals surface area (Å²) in [6.45, 7) is 1.73. The zero-order valence-corrected chi connectivity index (χ0v) is 6.87. The van der Waals surface area contributed by atoms with Crippen LogP contribution in [0, 0.1) is 6.92 Å². The zero-order valence-electron chi connectivity index (χ0n) is 6.87. The van der Waals surface area contributed by atoms with Gasteiger partial charge in [-0.25, -0.2) is 14.8 Å². The van der Waals surface area contributed by atoms with Crippen LogP contribution < -0.4 is 5.73 Å². The van der Waals surface area contributed by atoms with Crippen LogP contribution in [-0.2, 0) is 4.74 Å². The molecule has 1 aromatic rings. The van der Waals surface area contributed by atoms with E-state index in [1.165, 1.54) is 13.2 Å². The minimum absolute atomic E-state index is 0.0791. The molecule has 0 saturated heterocycles. The summed E-state index contributed by atoms with van der Waals surface area (Å²) in [6.07, 6.45) is 0. The molecular formula is C7H9N3O2. The fraction of sp³-hybridized carbons (Fsp3) is 0.286. The average molecular weight is 167 g/mol. The Kier molecular flexibility index (Phi) is 2.23. The third-order valence-electron chi connectivity index (χ3n) is 1.27. The molecule has 0 aromatic carbocycles. The van der Waals surface area contributed by atoms with Crippen LogP contribution in [0.3, 0.4) is 0 Å². The molecule has 0 fully saturated rings. The number of carbonyl (C=O) groups excluding carboxylic acids is 1. The van der Waals surface area contributed by atoms with Gasteiger partial charge in [0.25, 0.3) is 0 Å². The van der Waals surface area contributed by atoms with Gasteiger partial charge in [0.1, 0.15) is 0 Å². The van der Waals surface area contributed by atoms with Crippen molar-refractivity contribution in [2.45, 2.75) is 6.92 Å². The highest BCUT2D eigenvalue weighted by Gasteiger charge is 2.08. The molecule has 0 bridgehead atoms. The molecule has 12 heavy (non-hydrogen) atoms. The molecule has 2 N–H and O–H groups in total. The Morgan fingerprint density at radius 2 is 2.25 bits per heavy atom. The van der Waals surface area contributed by atoms with E-state index in [1.807, 2.05) is 0 Å². The molecule has 0 spiro atoms. The molecule has 0 radical (unpaired) electrons. The normalized spacial score (nSPS) is 9.50. The molecule has 5 nitrogen and oxygen atoms in total. The number of aryl methyl sites for hydroxylation is 1. The smallest absolute Gasteiger partial charge is 0.356 e. The topological polar surface area (TPSA) is 78.1 Å². The van der Waals surface area contributed by atoms with Crippen molar-refractivity contribution >= 4 is 11.9 Å². The SMILES string of the molecule is COC(=O)c1cc(C)nc(N)n1. The lowest BCUT2D eigenvalue weighted by Gasteiger charge is -1.99. The number of rotatable bonds is 1. The van der Waals surface area contributed by atoms with E-state index in [0.717, 1.165) is 0 Å². The van der Waals surface area contributed by atoms with Gasteiger partial charge in [0.05, 0.1) is 7.11 Å². The first-order valence-electron chi connectivity index (χ1n) is 3.33. The van der Waals surface area contributed by atoms with Gasteiger partial charge in [-0.1, -0.05) is 0 Å². The molecule has 1 aromatic heterocycles. The number of nitrogens with zero attached hydrogens (tertiary/aromatic N) is 2. The summed E-state index contributed by atoms with van der Waals surface area (Å²) in [5, 5.41) is 0. The standard InChI is InChI=1S/C7H9N3O2/c1-4-3-5(6(11)12-2)10-7(8)9-4/h3H,1-2H3,(H2,8,9,10). The van der Waals surface area contributed by atoms with E-state index in [-0.39, 0.29) is 11.6 Å². The van der Waals surface area contributed by atoms with Crippen LogP contribution in [0.1, 0.15) is 16.2 Å². The van der Waals surface area contributed by atoms with Crippen LogP contribution in [0.15, 0.2) is 6.07 Å². The highest BCUT2D eigenvalue weighted by molar-refractivity contribution is 5.87. The number of aromatic nitrogens is 2. The maximum Gasteiger partial charge on any atom is 0.356 e.